The molecule has 1 aliphatic heterocycles. The van der Waals surface area contributed by atoms with Crippen LogP contribution in [0.3, 0.4) is 0 Å². The van der Waals surface area contributed by atoms with Crippen LogP contribution in [0.1, 0.15) is 26.3 Å². The Labute approximate surface area is 245 Å². The van der Waals surface area contributed by atoms with Crippen LogP contribution in [-0.2, 0) is 0 Å². The van der Waals surface area contributed by atoms with Crippen LogP contribution in [0.2, 0.25) is 0 Å². The van der Waals surface area contributed by atoms with Gasteiger partial charge in [-0.2, -0.15) is 0 Å². The zero-order valence-electron chi connectivity index (χ0n) is 24.0. The molecule has 0 bridgehead atoms. The summed E-state index contributed by atoms with van der Waals surface area (Å²) in [4.78, 5) is 0. The quantitative estimate of drug-likeness (QED) is 0.231. The van der Waals surface area contributed by atoms with Crippen molar-refractivity contribution in [3.05, 3.63) is 139 Å². The standard InChI is InChI=1S/C39H33N3/c1-39(2)31-23-25(41-35-15-7-3-11-27(35)28-12-4-8-16-36(28)41)19-21-33(31)40-34-22-20-26(24-32(34)39)42-37-17-9-5-13-29(37)30-14-6-10-18-38(30)42/h3-19,21-24,26,31,33,40H,20H2,1-2H3. The third-order valence-electron chi connectivity index (χ3n) is 10.1. The second-order valence-corrected chi connectivity index (χ2v) is 12.6. The summed E-state index contributed by atoms with van der Waals surface area (Å²) in [7, 11) is 0. The van der Waals surface area contributed by atoms with Gasteiger partial charge in [-0.25, -0.2) is 0 Å². The van der Waals surface area contributed by atoms with E-state index in [1.807, 2.05) is 0 Å². The van der Waals surface area contributed by atoms with E-state index in [0.717, 1.165) is 6.42 Å². The van der Waals surface area contributed by atoms with Crippen molar-refractivity contribution in [1.29, 1.82) is 0 Å². The molecule has 3 aliphatic rings. The molecule has 0 amide bonds. The number of hydrogen-bond acceptors (Lipinski definition) is 1. The topological polar surface area (TPSA) is 21.9 Å². The van der Waals surface area contributed by atoms with Gasteiger partial charge >= 0.3 is 0 Å². The van der Waals surface area contributed by atoms with Gasteiger partial charge in [-0.1, -0.05) is 111 Å². The second-order valence-electron chi connectivity index (χ2n) is 12.6. The number of nitrogens with zero attached hydrogens (tertiary/aromatic N) is 2. The first-order valence-corrected chi connectivity index (χ1v) is 15.2. The summed E-state index contributed by atoms with van der Waals surface area (Å²) in [6, 6.07) is 35.8. The second kappa shape index (κ2) is 8.62. The van der Waals surface area contributed by atoms with Crippen molar-refractivity contribution < 1.29 is 0 Å². The van der Waals surface area contributed by atoms with E-state index in [4.69, 9.17) is 0 Å². The molecule has 4 aromatic carbocycles. The van der Waals surface area contributed by atoms with Crippen LogP contribution < -0.4 is 5.32 Å². The minimum Gasteiger partial charge on any atom is -0.378 e. The molecule has 9 rings (SSSR count). The molecule has 1 N–H and O–H groups in total. The Hall–Kier alpha value is -4.76. The van der Waals surface area contributed by atoms with Crippen LogP contribution in [0, 0.1) is 11.3 Å². The highest BCUT2D eigenvalue weighted by molar-refractivity contribution is 6.10. The van der Waals surface area contributed by atoms with Crippen molar-refractivity contribution in [2.45, 2.75) is 32.4 Å². The largest absolute Gasteiger partial charge is 0.378 e. The number of hydrogen-bond donors (Lipinski definition) is 1. The fraction of sp³-hybridized carbons (Fsp3) is 0.179. The Bertz CT molecular complexity index is 2090. The summed E-state index contributed by atoms with van der Waals surface area (Å²) in [6.07, 6.45) is 13.2. The first-order chi connectivity index (χ1) is 20.6. The number of allylic oxidation sites excluding steroid dienone is 5. The monoisotopic (exact) mass is 543 g/mol. The smallest absolute Gasteiger partial charge is 0.0564 e. The van der Waals surface area contributed by atoms with Gasteiger partial charge in [-0.15, -0.1) is 0 Å². The number of benzene rings is 4. The number of aromatic nitrogens is 2. The normalized spacial score (nSPS) is 22.9. The predicted octanol–water partition coefficient (Wildman–Crippen LogP) is 9.38. The molecule has 3 heterocycles. The summed E-state index contributed by atoms with van der Waals surface area (Å²) in [6.45, 7) is 4.89. The molecule has 3 unspecified atom stereocenters. The Kier molecular flexibility index (Phi) is 4.91. The van der Waals surface area contributed by atoms with E-state index in [2.05, 4.69) is 156 Å². The molecule has 0 radical (unpaired) electrons. The van der Waals surface area contributed by atoms with E-state index in [0.29, 0.717) is 5.92 Å². The Morgan fingerprint density at radius 1 is 0.667 bits per heavy atom. The van der Waals surface area contributed by atoms with Gasteiger partial charge in [0.25, 0.3) is 0 Å². The molecule has 3 nitrogen and oxygen atoms in total. The molecule has 3 atom stereocenters. The summed E-state index contributed by atoms with van der Waals surface area (Å²) < 4.78 is 5.02. The zero-order valence-corrected chi connectivity index (χ0v) is 24.0. The first-order valence-electron chi connectivity index (χ1n) is 15.2. The molecular weight excluding hydrogens is 510 g/mol. The fourth-order valence-corrected chi connectivity index (χ4v) is 8.06. The van der Waals surface area contributed by atoms with Gasteiger partial charge in [0, 0.05) is 55.3 Å². The van der Waals surface area contributed by atoms with Crippen molar-refractivity contribution in [2.75, 3.05) is 0 Å². The van der Waals surface area contributed by atoms with Gasteiger partial charge in [-0.3, -0.25) is 0 Å². The average molecular weight is 544 g/mol. The van der Waals surface area contributed by atoms with Crippen molar-refractivity contribution in [1.82, 2.24) is 14.5 Å². The molecule has 2 aromatic heterocycles. The van der Waals surface area contributed by atoms with E-state index in [-0.39, 0.29) is 17.5 Å². The number of para-hydroxylation sites is 4. The molecule has 0 spiro atoms. The van der Waals surface area contributed by atoms with Crippen LogP contribution >= 0.6 is 0 Å². The summed E-state index contributed by atoms with van der Waals surface area (Å²) >= 11 is 0. The minimum atomic E-state index is -0.0477. The molecule has 204 valence electrons. The van der Waals surface area contributed by atoms with Gasteiger partial charge in [0.05, 0.1) is 23.1 Å². The first kappa shape index (κ1) is 23.9. The van der Waals surface area contributed by atoms with Gasteiger partial charge in [-0.05, 0) is 42.3 Å². The van der Waals surface area contributed by atoms with Crippen molar-refractivity contribution in [3.8, 4) is 0 Å². The number of fused-ring (bicyclic) bond motifs is 8. The fourth-order valence-electron chi connectivity index (χ4n) is 8.06. The highest BCUT2D eigenvalue weighted by atomic mass is 15.0. The van der Waals surface area contributed by atoms with Crippen molar-refractivity contribution >= 4 is 49.3 Å². The number of nitrogens with one attached hydrogen (secondary N) is 1. The van der Waals surface area contributed by atoms with Gasteiger partial charge in [0.1, 0.15) is 0 Å². The van der Waals surface area contributed by atoms with Gasteiger partial charge in [0.2, 0.25) is 0 Å². The molecule has 0 saturated carbocycles. The van der Waals surface area contributed by atoms with Crippen LogP contribution in [0.4, 0.5) is 0 Å². The van der Waals surface area contributed by atoms with Crippen molar-refractivity contribution in [3.63, 3.8) is 0 Å². The SMILES string of the molecule is CC1(C)C2=CC(n3c4ccccc4c4ccccc43)CC=C2NC2C=CC(n3c4ccccc4c4ccccc43)=CC21. The Morgan fingerprint density at radius 2 is 1.19 bits per heavy atom. The maximum atomic E-state index is 3.94. The van der Waals surface area contributed by atoms with Crippen LogP contribution in [0.15, 0.2) is 139 Å². The Balaban J connectivity index is 1.17. The van der Waals surface area contributed by atoms with Crippen molar-refractivity contribution in [2.24, 2.45) is 11.3 Å². The third-order valence-corrected chi connectivity index (χ3v) is 10.1. The maximum absolute atomic E-state index is 3.94. The minimum absolute atomic E-state index is 0.0477. The molecule has 2 aliphatic carbocycles. The lowest BCUT2D eigenvalue weighted by Crippen LogP contribution is -2.50. The lowest BCUT2D eigenvalue weighted by atomic mass is 9.63. The van der Waals surface area contributed by atoms with E-state index in [9.17, 15) is 0 Å². The van der Waals surface area contributed by atoms with E-state index in [1.165, 1.54) is 60.6 Å². The third kappa shape index (κ3) is 3.22. The van der Waals surface area contributed by atoms with E-state index in [1.54, 1.807) is 0 Å². The predicted molar refractivity (Wildman–Crippen MR) is 176 cm³/mol. The molecule has 3 heteroatoms. The summed E-state index contributed by atoms with van der Waals surface area (Å²) in [5.74, 6) is 0.317. The summed E-state index contributed by atoms with van der Waals surface area (Å²) in [5.41, 5.74) is 9.08. The van der Waals surface area contributed by atoms with E-state index >= 15 is 0 Å². The van der Waals surface area contributed by atoms with Crippen LogP contribution in [0.25, 0.3) is 49.3 Å². The Morgan fingerprint density at radius 3 is 1.79 bits per heavy atom. The summed E-state index contributed by atoms with van der Waals surface area (Å²) in [5, 5.41) is 9.21. The number of piperidine rings is 1. The molecule has 1 fully saturated rings. The van der Waals surface area contributed by atoms with Gasteiger partial charge in [0.15, 0.2) is 0 Å². The molecular formula is C39H33N3. The molecule has 1 saturated heterocycles. The molecule has 6 aromatic rings. The highest BCUT2D eigenvalue weighted by Crippen LogP contribution is 2.50. The number of rotatable bonds is 2. The average Bonchev–Trinajstić information content (AvgIpc) is 3.54. The van der Waals surface area contributed by atoms with Gasteiger partial charge < -0.3 is 14.5 Å². The highest BCUT2D eigenvalue weighted by Gasteiger charge is 2.45. The zero-order chi connectivity index (χ0) is 28.0. The van der Waals surface area contributed by atoms with E-state index < -0.39 is 0 Å². The lowest BCUT2D eigenvalue weighted by Gasteiger charge is -2.48. The van der Waals surface area contributed by atoms with Crippen LogP contribution in [-0.4, -0.2) is 15.2 Å². The lowest BCUT2D eigenvalue weighted by molar-refractivity contribution is 0.247. The van der Waals surface area contributed by atoms with Crippen LogP contribution in [0.5, 0.6) is 0 Å². The maximum Gasteiger partial charge on any atom is 0.0564 e. The molecule has 42 heavy (non-hydrogen) atoms.